The van der Waals surface area contributed by atoms with E-state index in [1.807, 2.05) is 22.4 Å². The van der Waals surface area contributed by atoms with Crippen LogP contribution in [0.15, 0.2) is 35.7 Å². The lowest BCUT2D eigenvalue weighted by Gasteiger charge is -2.24. The summed E-state index contributed by atoms with van der Waals surface area (Å²) < 4.78 is 19.5. The van der Waals surface area contributed by atoms with E-state index in [0.717, 1.165) is 19.4 Å². The molecule has 0 spiro atoms. The lowest BCUT2D eigenvalue weighted by molar-refractivity contribution is -0.117. The van der Waals surface area contributed by atoms with Crippen molar-refractivity contribution < 1.29 is 13.9 Å². The number of hydrogen-bond acceptors (Lipinski definition) is 4. The molecule has 134 valence electrons. The molecule has 1 saturated heterocycles. The Morgan fingerprint density at radius 1 is 1.44 bits per heavy atom. The van der Waals surface area contributed by atoms with Crippen molar-refractivity contribution in [3.8, 4) is 0 Å². The first-order valence-electron chi connectivity index (χ1n) is 8.21. The second-order valence-electron chi connectivity index (χ2n) is 6.06. The molecule has 1 aromatic heterocycles. The first kappa shape index (κ1) is 18.3. The number of nitrogens with one attached hydrogen (secondary N) is 1. The van der Waals surface area contributed by atoms with E-state index in [2.05, 4.69) is 5.32 Å². The zero-order valence-electron chi connectivity index (χ0n) is 13.7. The van der Waals surface area contributed by atoms with E-state index in [1.54, 1.807) is 11.3 Å². The summed E-state index contributed by atoms with van der Waals surface area (Å²) in [6.45, 7) is 2.30. The molecule has 0 saturated carbocycles. The average molecular weight is 383 g/mol. The molecular formula is C18H20ClFN2O2S. The van der Waals surface area contributed by atoms with Gasteiger partial charge in [-0.15, -0.1) is 11.3 Å². The van der Waals surface area contributed by atoms with Gasteiger partial charge in [0, 0.05) is 29.6 Å². The van der Waals surface area contributed by atoms with Gasteiger partial charge in [-0.1, -0.05) is 17.7 Å². The van der Waals surface area contributed by atoms with Crippen molar-refractivity contribution in [2.75, 3.05) is 25.0 Å². The molecule has 0 radical (unpaired) electrons. The van der Waals surface area contributed by atoms with E-state index in [9.17, 15) is 9.18 Å². The second kappa shape index (κ2) is 8.76. The molecule has 1 fully saturated rings. The molecular weight excluding hydrogens is 363 g/mol. The number of rotatable bonds is 7. The van der Waals surface area contributed by atoms with E-state index in [1.165, 1.54) is 23.1 Å². The minimum atomic E-state index is -0.498. The van der Waals surface area contributed by atoms with Crippen LogP contribution < -0.4 is 5.32 Å². The Balaban J connectivity index is 1.63. The smallest absolute Gasteiger partial charge is 0.238 e. The zero-order chi connectivity index (χ0) is 17.6. The summed E-state index contributed by atoms with van der Waals surface area (Å²) in [6.07, 6.45) is 2.21. The van der Waals surface area contributed by atoms with Crippen molar-refractivity contribution in [1.29, 1.82) is 0 Å². The van der Waals surface area contributed by atoms with E-state index >= 15 is 0 Å². The number of benzene rings is 1. The average Bonchev–Trinajstić information content (AvgIpc) is 3.25. The molecule has 1 unspecified atom stereocenters. The van der Waals surface area contributed by atoms with Gasteiger partial charge in [-0.25, -0.2) is 4.39 Å². The van der Waals surface area contributed by atoms with Crippen LogP contribution >= 0.6 is 22.9 Å². The number of nitrogens with zero attached hydrogens (tertiary/aromatic N) is 1. The lowest BCUT2D eigenvalue weighted by Crippen LogP contribution is -2.37. The molecule has 1 atom stereocenters. The highest BCUT2D eigenvalue weighted by Crippen LogP contribution is 2.20. The maximum atomic E-state index is 13.8. The summed E-state index contributed by atoms with van der Waals surface area (Å²) in [6, 6.07) is 8.15. The quantitative estimate of drug-likeness (QED) is 0.781. The van der Waals surface area contributed by atoms with Gasteiger partial charge in [0.25, 0.3) is 0 Å². The van der Waals surface area contributed by atoms with E-state index < -0.39 is 5.82 Å². The molecule has 2 heterocycles. The van der Waals surface area contributed by atoms with E-state index in [0.29, 0.717) is 18.1 Å². The molecule has 1 N–H and O–H groups in total. The van der Waals surface area contributed by atoms with Gasteiger partial charge in [0.05, 0.1) is 18.3 Å². The van der Waals surface area contributed by atoms with Gasteiger partial charge in [-0.05, 0) is 42.5 Å². The van der Waals surface area contributed by atoms with Crippen molar-refractivity contribution in [3.63, 3.8) is 0 Å². The van der Waals surface area contributed by atoms with Crippen molar-refractivity contribution in [1.82, 2.24) is 4.90 Å². The Kier molecular flexibility index (Phi) is 6.42. The van der Waals surface area contributed by atoms with Gasteiger partial charge in [0.2, 0.25) is 5.91 Å². The third-order valence-corrected chi connectivity index (χ3v) is 5.11. The number of halogens is 2. The van der Waals surface area contributed by atoms with E-state index in [4.69, 9.17) is 16.3 Å². The molecule has 25 heavy (non-hydrogen) atoms. The van der Waals surface area contributed by atoms with Gasteiger partial charge in [0.15, 0.2) is 0 Å². The fourth-order valence-electron chi connectivity index (χ4n) is 2.87. The highest BCUT2D eigenvalue weighted by Gasteiger charge is 2.21. The summed E-state index contributed by atoms with van der Waals surface area (Å²) in [5, 5.41) is 5.00. The van der Waals surface area contributed by atoms with E-state index in [-0.39, 0.29) is 24.2 Å². The van der Waals surface area contributed by atoms with Crippen molar-refractivity contribution >= 4 is 34.5 Å². The second-order valence-corrected chi connectivity index (χ2v) is 7.53. The fourth-order valence-corrected chi connectivity index (χ4v) is 3.79. The van der Waals surface area contributed by atoms with Crippen LogP contribution in [0.25, 0.3) is 0 Å². The third-order valence-electron chi connectivity index (χ3n) is 4.02. The number of anilines is 1. The number of amides is 1. The number of ether oxygens (including phenoxy) is 1. The molecule has 4 nitrogen and oxygen atoms in total. The summed E-state index contributed by atoms with van der Waals surface area (Å²) in [5.41, 5.74) is 0.102. The molecule has 1 aliphatic heterocycles. The van der Waals surface area contributed by atoms with Crippen LogP contribution in [0.5, 0.6) is 0 Å². The fraction of sp³-hybridized carbons (Fsp3) is 0.389. The number of carbonyl (C=O) groups is 1. The topological polar surface area (TPSA) is 41.6 Å². The van der Waals surface area contributed by atoms with Crippen molar-refractivity contribution in [2.24, 2.45) is 0 Å². The summed E-state index contributed by atoms with van der Waals surface area (Å²) in [4.78, 5) is 15.6. The molecule has 0 bridgehead atoms. The monoisotopic (exact) mass is 382 g/mol. The molecule has 2 aromatic rings. The van der Waals surface area contributed by atoms with Crippen LogP contribution in [0.4, 0.5) is 10.1 Å². The van der Waals surface area contributed by atoms with Gasteiger partial charge < -0.3 is 10.1 Å². The van der Waals surface area contributed by atoms with Crippen molar-refractivity contribution in [2.45, 2.75) is 25.5 Å². The third kappa shape index (κ3) is 5.51. The van der Waals surface area contributed by atoms with Crippen LogP contribution in [-0.2, 0) is 16.1 Å². The summed E-state index contributed by atoms with van der Waals surface area (Å²) in [7, 11) is 0. The molecule has 3 rings (SSSR count). The van der Waals surface area contributed by atoms with Crippen LogP contribution in [-0.4, -0.2) is 36.6 Å². The minimum Gasteiger partial charge on any atom is -0.377 e. The standard InChI is InChI=1S/C18H20ClFN2O2S/c19-13-5-6-16(20)17(9-13)21-18(23)12-22(10-14-3-1-7-24-14)11-15-4-2-8-25-15/h2,4-6,8-9,14H,1,3,7,10-12H2,(H,21,23). The van der Waals surface area contributed by atoms with Crippen LogP contribution in [0, 0.1) is 5.82 Å². The van der Waals surface area contributed by atoms with Gasteiger partial charge in [0.1, 0.15) is 5.82 Å². The van der Waals surface area contributed by atoms with Gasteiger partial charge in [-0.2, -0.15) is 0 Å². The first-order chi connectivity index (χ1) is 12.1. The predicted molar refractivity (Wildman–Crippen MR) is 98.6 cm³/mol. The molecule has 0 aliphatic carbocycles. The zero-order valence-corrected chi connectivity index (χ0v) is 15.3. The SMILES string of the molecule is O=C(CN(Cc1cccs1)CC1CCCO1)Nc1cc(Cl)ccc1F. The summed E-state index contributed by atoms with van der Waals surface area (Å²) in [5.74, 6) is -0.766. The van der Waals surface area contributed by atoms with Crippen molar-refractivity contribution in [3.05, 3.63) is 51.4 Å². The van der Waals surface area contributed by atoms with Crippen LogP contribution in [0.2, 0.25) is 5.02 Å². The number of carbonyl (C=O) groups excluding carboxylic acids is 1. The Hall–Kier alpha value is -1.47. The van der Waals surface area contributed by atoms with Crippen LogP contribution in [0.3, 0.4) is 0 Å². The minimum absolute atomic E-state index is 0.102. The highest BCUT2D eigenvalue weighted by atomic mass is 35.5. The maximum Gasteiger partial charge on any atom is 0.238 e. The van der Waals surface area contributed by atoms with Gasteiger partial charge in [-0.3, -0.25) is 9.69 Å². The molecule has 1 aliphatic rings. The highest BCUT2D eigenvalue weighted by molar-refractivity contribution is 7.09. The van der Waals surface area contributed by atoms with Crippen LogP contribution in [0.1, 0.15) is 17.7 Å². The Labute approximate surface area is 155 Å². The summed E-state index contributed by atoms with van der Waals surface area (Å²) >= 11 is 7.52. The largest absolute Gasteiger partial charge is 0.377 e. The maximum absolute atomic E-state index is 13.8. The molecule has 1 aromatic carbocycles. The Bertz CT molecular complexity index is 705. The number of hydrogen-bond donors (Lipinski definition) is 1. The molecule has 1 amide bonds. The van der Waals surface area contributed by atoms with Gasteiger partial charge >= 0.3 is 0 Å². The molecule has 7 heteroatoms. The number of thiophene rings is 1. The predicted octanol–water partition coefficient (Wildman–Crippen LogP) is 4.16. The Morgan fingerprint density at radius 2 is 2.32 bits per heavy atom. The Morgan fingerprint density at radius 3 is 3.04 bits per heavy atom. The normalized spacial score (nSPS) is 17.2. The first-order valence-corrected chi connectivity index (χ1v) is 9.47. The lowest BCUT2D eigenvalue weighted by atomic mass is 10.2.